The lowest BCUT2D eigenvalue weighted by Crippen LogP contribution is -2.26. The Hall–Kier alpha value is -1.19. The van der Waals surface area contributed by atoms with Gasteiger partial charge in [0, 0.05) is 4.47 Å². The van der Waals surface area contributed by atoms with Gasteiger partial charge in [0.15, 0.2) is 0 Å². The van der Waals surface area contributed by atoms with E-state index in [1.807, 2.05) is 18.2 Å². The lowest BCUT2D eigenvalue weighted by atomic mass is 9.82. The Morgan fingerprint density at radius 2 is 1.95 bits per heavy atom. The molecule has 20 heavy (non-hydrogen) atoms. The van der Waals surface area contributed by atoms with Crippen molar-refractivity contribution >= 4 is 15.9 Å². The number of hydrogen-bond donors (Lipinski definition) is 0. The van der Waals surface area contributed by atoms with Gasteiger partial charge in [-0.2, -0.15) is 0 Å². The van der Waals surface area contributed by atoms with E-state index in [0.29, 0.717) is 6.61 Å². The van der Waals surface area contributed by atoms with Crippen molar-refractivity contribution in [3.8, 4) is 0 Å². The topological polar surface area (TPSA) is 9.23 Å². The van der Waals surface area contributed by atoms with Gasteiger partial charge in [-0.25, -0.2) is 4.39 Å². The smallest absolute Gasteiger partial charge is 0.123 e. The van der Waals surface area contributed by atoms with Gasteiger partial charge in [0.25, 0.3) is 0 Å². The maximum atomic E-state index is 13.2. The van der Waals surface area contributed by atoms with Crippen LogP contribution in [0.5, 0.6) is 0 Å². The summed E-state index contributed by atoms with van der Waals surface area (Å²) >= 11 is 3.50. The second kappa shape index (κ2) is 5.30. The van der Waals surface area contributed by atoms with Crippen LogP contribution in [0.1, 0.15) is 36.5 Å². The SMILES string of the molecule is CCCC1(c2ccc(F)cc2)OCc2cc(Br)ccc21. The summed E-state index contributed by atoms with van der Waals surface area (Å²) in [5, 5.41) is 0. The zero-order chi connectivity index (χ0) is 14.2. The maximum Gasteiger partial charge on any atom is 0.123 e. The average molecular weight is 335 g/mol. The van der Waals surface area contributed by atoms with Gasteiger partial charge < -0.3 is 4.74 Å². The van der Waals surface area contributed by atoms with Crippen LogP contribution in [0.25, 0.3) is 0 Å². The molecule has 3 heteroatoms. The summed E-state index contributed by atoms with van der Waals surface area (Å²) in [4.78, 5) is 0. The molecular formula is C17H16BrFO. The molecule has 3 rings (SSSR count). The zero-order valence-electron chi connectivity index (χ0n) is 11.3. The van der Waals surface area contributed by atoms with Gasteiger partial charge in [0.1, 0.15) is 11.4 Å². The molecule has 104 valence electrons. The number of hydrogen-bond acceptors (Lipinski definition) is 1. The van der Waals surface area contributed by atoms with Crippen molar-refractivity contribution in [2.24, 2.45) is 0 Å². The predicted molar refractivity (Wildman–Crippen MR) is 81.0 cm³/mol. The molecule has 1 nitrogen and oxygen atoms in total. The Balaban J connectivity index is 2.14. The summed E-state index contributed by atoms with van der Waals surface area (Å²) in [5.41, 5.74) is 3.01. The minimum Gasteiger partial charge on any atom is -0.361 e. The molecule has 1 aliphatic rings. The second-order valence-corrected chi connectivity index (χ2v) is 6.09. The van der Waals surface area contributed by atoms with E-state index in [1.165, 1.54) is 23.3 Å². The molecule has 0 aliphatic carbocycles. The van der Waals surface area contributed by atoms with Crippen molar-refractivity contribution in [2.45, 2.75) is 32.0 Å². The molecule has 1 heterocycles. The number of benzene rings is 2. The normalized spacial score (nSPS) is 20.9. The molecule has 0 saturated carbocycles. The number of ether oxygens (including phenoxy) is 1. The fraction of sp³-hybridized carbons (Fsp3) is 0.294. The molecule has 0 N–H and O–H groups in total. The van der Waals surface area contributed by atoms with Gasteiger partial charge >= 0.3 is 0 Å². The van der Waals surface area contributed by atoms with E-state index < -0.39 is 5.60 Å². The van der Waals surface area contributed by atoms with Gasteiger partial charge in [-0.15, -0.1) is 0 Å². The average Bonchev–Trinajstić information content (AvgIpc) is 2.79. The van der Waals surface area contributed by atoms with Gasteiger partial charge in [-0.3, -0.25) is 0 Å². The highest BCUT2D eigenvalue weighted by Crippen LogP contribution is 2.45. The fourth-order valence-corrected chi connectivity index (χ4v) is 3.42. The summed E-state index contributed by atoms with van der Waals surface area (Å²) < 4.78 is 20.4. The minimum atomic E-state index is -0.432. The van der Waals surface area contributed by atoms with Crippen molar-refractivity contribution in [1.82, 2.24) is 0 Å². The summed E-state index contributed by atoms with van der Waals surface area (Å²) in [5.74, 6) is -0.213. The summed E-state index contributed by atoms with van der Waals surface area (Å²) in [6.45, 7) is 2.75. The van der Waals surface area contributed by atoms with Gasteiger partial charge in [-0.05, 0) is 47.4 Å². The lowest BCUT2D eigenvalue weighted by Gasteiger charge is -2.30. The number of halogens is 2. The largest absolute Gasteiger partial charge is 0.361 e. The monoisotopic (exact) mass is 334 g/mol. The molecule has 0 spiro atoms. The van der Waals surface area contributed by atoms with E-state index in [1.54, 1.807) is 0 Å². The van der Waals surface area contributed by atoms with Crippen LogP contribution < -0.4 is 0 Å². The Morgan fingerprint density at radius 1 is 1.20 bits per heavy atom. The van der Waals surface area contributed by atoms with E-state index in [0.717, 1.165) is 22.9 Å². The molecule has 1 atom stereocenters. The van der Waals surface area contributed by atoms with Crippen molar-refractivity contribution < 1.29 is 9.13 Å². The van der Waals surface area contributed by atoms with Crippen LogP contribution in [0.2, 0.25) is 0 Å². The van der Waals surface area contributed by atoms with Gasteiger partial charge in [-0.1, -0.05) is 47.5 Å². The van der Waals surface area contributed by atoms with Crippen molar-refractivity contribution in [3.63, 3.8) is 0 Å². The maximum absolute atomic E-state index is 13.2. The summed E-state index contributed by atoms with van der Waals surface area (Å²) in [6, 6.07) is 13.0. The summed E-state index contributed by atoms with van der Waals surface area (Å²) in [6.07, 6.45) is 1.90. The molecular weight excluding hydrogens is 319 g/mol. The first-order valence-corrected chi connectivity index (χ1v) is 7.64. The second-order valence-electron chi connectivity index (χ2n) is 5.17. The molecule has 1 aliphatic heterocycles. The Morgan fingerprint density at radius 3 is 2.65 bits per heavy atom. The third-order valence-corrected chi connectivity index (χ3v) is 4.38. The van der Waals surface area contributed by atoms with Crippen molar-refractivity contribution in [3.05, 3.63) is 69.4 Å². The lowest BCUT2D eigenvalue weighted by molar-refractivity contribution is -0.0121. The Bertz CT molecular complexity index is 623. The van der Waals surface area contributed by atoms with E-state index in [-0.39, 0.29) is 5.82 Å². The minimum absolute atomic E-state index is 0.213. The van der Waals surface area contributed by atoms with Crippen LogP contribution in [-0.4, -0.2) is 0 Å². The molecule has 0 amide bonds. The molecule has 0 fully saturated rings. The Labute approximate surface area is 126 Å². The quantitative estimate of drug-likeness (QED) is 0.753. The van der Waals surface area contributed by atoms with Crippen LogP contribution in [0, 0.1) is 5.82 Å². The third-order valence-electron chi connectivity index (χ3n) is 3.89. The standard InChI is InChI=1S/C17H16BrFO/c1-2-9-17(13-3-6-15(19)7-4-13)16-8-5-14(18)10-12(16)11-20-17/h3-8,10H,2,9,11H2,1H3. The van der Waals surface area contributed by atoms with E-state index >= 15 is 0 Å². The van der Waals surface area contributed by atoms with Crippen molar-refractivity contribution in [2.75, 3.05) is 0 Å². The van der Waals surface area contributed by atoms with Gasteiger partial charge in [0.2, 0.25) is 0 Å². The molecule has 2 aromatic rings. The molecule has 2 aromatic carbocycles. The molecule has 1 unspecified atom stereocenters. The van der Waals surface area contributed by atoms with E-state index in [9.17, 15) is 4.39 Å². The highest BCUT2D eigenvalue weighted by molar-refractivity contribution is 9.10. The van der Waals surface area contributed by atoms with Crippen LogP contribution in [0.4, 0.5) is 4.39 Å². The van der Waals surface area contributed by atoms with Gasteiger partial charge in [0.05, 0.1) is 6.61 Å². The predicted octanol–water partition coefficient (Wildman–Crippen LogP) is 5.16. The zero-order valence-corrected chi connectivity index (χ0v) is 12.9. The van der Waals surface area contributed by atoms with E-state index in [2.05, 4.69) is 35.0 Å². The number of rotatable bonds is 3. The van der Waals surface area contributed by atoms with Crippen LogP contribution in [0.15, 0.2) is 46.9 Å². The first-order valence-electron chi connectivity index (χ1n) is 6.84. The third kappa shape index (κ3) is 2.19. The Kier molecular flexibility index (Phi) is 3.65. The van der Waals surface area contributed by atoms with Crippen molar-refractivity contribution in [1.29, 1.82) is 0 Å². The highest BCUT2D eigenvalue weighted by atomic mass is 79.9. The summed E-state index contributed by atoms with van der Waals surface area (Å²) in [7, 11) is 0. The fourth-order valence-electron chi connectivity index (χ4n) is 3.02. The molecule has 0 bridgehead atoms. The van der Waals surface area contributed by atoms with E-state index in [4.69, 9.17) is 4.74 Å². The first-order chi connectivity index (χ1) is 9.65. The first kappa shape index (κ1) is 13.8. The molecule has 0 radical (unpaired) electrons. The molecule has 0 aromatic heterocycles. The number of fused-ring (bicyclic) bond motifs is 1. The van der Waals surface area contributed by atoms with Crippen LogP contribution >= 0.6 is 15.9 Å². The molecule has 0 saturated heterocycles. The van der Waals surface area contributed by atoms with Crippen LogP contribution in [0.3, 0.4) is 0 Å². The van der Waals surface area contributed by atoms with Crippen LogP contribution in [-0.2, 0) is 16.9 Å². The highest BCUT2D eigenvalue weighted by Gasteiger charge is 2.40.